The lowest BCUT2D eigenvalue weighted by Crippen LogP contribution is -2.31. The standard InChI is InChI=1S/C21H20F2N2O3S2/c1-2-15-12-29-21(24-15)18(10-13-6-8-16(9-7-13)30(27)28)25-19(26)11-14-4-3-5-17(22)20(14)23/h3-9,12,18H,2,10-11H2,1H3,(H,25,26)(H,27,28)/t18-/m0/s1. The summed E-state index contributed by atoms with van der Waals surface area (Å²) in [5.41, 5.74) is 1.71. The monoisotopic (exact) mass is 450 g/mol. The zero-order valence-corrected chi connectivity index (χ0v) is 17.7. The van der Waals surface area contributed by atoms with Crippen LogP contribution >= 0.6 is 11.3 Å². The van der Waals surface area contributed by atoms with Crippen molar-refractivity contribution < 1.29 is 22.3 Å². The average Bonchev–Trinajstić information content (AvgIpc) is 3.21. The van der Waals surface area contributed by atoms with E-state index >= 15 is 0 Å². The lowest BCUT2D eigenvalue weighted by Gasteiger charge is -2.17. The molecule has 0 saturated heterocycles. The summed E-state index contributed by atoms with van der Waals surface area (Å²) in [5, 5.41) is 5.48. The van der Waals surface area contributed by atoms with E-state index in [1.807, 2.05) is 12.3 Å². The minimum absolute atomic E-state index is 0.0191. The van der Waals surface area contributed by atoms with Gasteiger partial charge in [-0.25, -0.2) is 18.0 Å². The minimum atomic E-state index is -2.07. The topological polar surface area (TPSA) is 79.3 Å². The van der Waals surface area contributed by atoms with Crippen LogP contribution < -0.4 is 5.32 Å². The van der Waals surface area contributed by atoms with Crippen molar-refractivity contribution in [1.82, 2.24) is 10.3 Å². The highest BCUT2D eigenvalue weighted by Crippen LogP contribution is 2.24. The number of hydrogen-bond acceptors (Lipinski definition) is 4. The van der Waals surface area contributed by atoms with Gasteiger partial charge in [-0.3, -0.25) is 4.79 Å². The van der Waals surface area contributed by atoms with Gasteiger partial charge >= 0.3 is 0 Å². The second-order valence-electron chi connectivity index (χ2n) is 6.64. The lowest BCUT2D eigenvalue weighted by molar-refractivity contribution is -0.121. The summed E-state index contributed by atoms with van der Waals surface area (Å²) in [4.78, 5) is 17.4. The third-order valence-corrected chi connectivity index (χ3v) is 6.20. The predicted octanol–water partition coefficient (Wildman–Crippen LogP) is 4.21. The fourth-order valence-electron chi connectivity index (χ4n) is 2.93. The second-order valence-corrected chi connectivity index (χ2v) is 8.50. The maximum atomic E-state index is 13.9. The fraction of sp³-hybridized carbons (Fsp3) is 0.238. The number of hydrogen-bond donors (Lipinski definition) is 2. The Bertz CT molecular complexity index is 1050. The number of rotatable bonds is 8. The van der Waals surface area contributed by atoms with Gasteiger partial charge in [-0.05, 0) is 36.6 Å². The Balaban J connectivity index is 1.79. The van der Waals surface area contributed by atoms with Crippen molar-refractivity contribution in [3.63, 3.8) is 0 Å². The highest BCUT2D eigenvalue weighted by Gasteiger charge is 2.20. The van der Waals surface area contributed by atoms with E-state index in [0.717, 1.165) is 23.7 Å². The first-order valence-corrected chi connectivity index (χ1v) is 11.2. The Morgan fingerprint density at radius 2 is 1.97 bits per heavy atom. The number of thiazole rings is 1. The third-order valence-electron chi connectivity index (χ3n) is 4.51. The molecule has 1 heterocycles. The number of halogens is 2. The van der Waals surface area contributed by atoms with Crippen molar-refractivity contribution in [2.45, 2.75) is 37.1 Å². The Morgan fingerprint density at radius 1 is 1.23 bits per heavy atom. The van der Waals surface area contributed by atoms with Crippen LogP contribution in [0.3, 0.4) is 0 Å². The molecule has 9 heteroatoms. The Labute approximate surface area is 179 Å². The van der Waals surface area contributed by atoms with Crippen LogP contribution in [0.15, 0.2) is 52.7 Å². The molecule has 0 aliphatic heterocycles. The van der Waals surface area contributed by atoms with Crippen LogP contribution in [-0.4, -0.2) is 19.7 Å². The molecule has 0 aliphatic carbocycles. The molecule has 2 aromatic carbocycles. The quantitative estimate of drug-likeness (QED) is 0.504. The lowest BCUT2D eigenvalue weighted by atomic mass is 10.1. The molecule has 1 aromatic heterocycles. The van der Waals surface area contributed by atoms with Gasteiger partial charge in [0.15, 0.2) is 22.7 Å². The van der Waals surface area contributed by atoms with E-state index in [-0.39, 0.29) is 16.9 Å². The molecule has 2 N–H and O–H groups in total. The zero-order chi connectivity index (χ0) is 21.7. The number of benzene rings is 2. The highest BCUT2D eigenvalue weighted by molar-refractivity contribution is 7.79. The molecule has 1 amide bonds. The van der Waals surface area contributed by atoms with Gasteiger partial charge in [0.1, 0.15) is 5.01 Å². The SMILES string of the molecule is CCc1csc([C@H](Cc2ccc(S(=O)O)cc2)NC(=O)Cc2cccc(F)c2F)n1. The van der Waals surface area contributed by atoms with E-state index in [1.54, 1.807) is 24.3 Å². The summed E-state index contributed by atoms with van der Waals surface area (Å²) in [6, 6.07) is 9.79. The van der Waals surface area contributed by atoms with Crippen molar-refractivity contribution in [3.05, 3.63) is 81.3 Å². The van der Waals surface area contributed by atoms with Gasteiger partial charge in [-0.2, -0.15) is 0 Å². The number of aromatic nitrogens is 1. The van der Waals surface area contributed by atoms with E-state index in [0.29, 0.717) is 11.4 Å². The van der Waals surface area contributed by atoms with E-state index in [9.17, 15) is 17.8 Å². The molecule has 3 aromatic rings. The summed E-state index contributed by atoms with van der Waals surface area (Å²) in [5.74, 6) is -2.48. The molecule has 0 aliphatic rings. The molecule has 0 bridgehead atoms. The summed E-state index contributed by atoms with van der Waals surface area (Å²) in [6.07, 6.45) is 0.851. The van der Waals surface area contributed by atoms with Crippen molar-refractivity contribution in [1.29, 1.82) is 0 Å². The third kappa shape index (κ3) is 5.56. The molecular weight excluding hydrogens is 430 g/mol. The maximum Gasteiger partial charge on any atom is 0.225 e. The molecular formula is C21H20F2N2O3S2. The van der Waals surface area contributed by atoms with E-state index in [1.165, 1.54) is 23.5 Å². The minimum Gasteiger partial charge on any atom is -0.346 e. The van der Waals surface area contributed by atoms with Crippen LogP contribution in [0.2, 0.25) is 0 Å². The normalized spacial score (nSPS) is 13.1. The average molecular weight is 451 g/mol. The molecule has 1 unspecified atom stereocenters. The first-order valence-electron chi connectivity index (χ1n) is 9.23. The van der Waals surface area contributed by atoms with E-state index in [4.69, 9.17) is 4.55 Å². The summed E-state index contributed by atoms with van der Waals surface area (Å²) in [7, 11) is 0. The molecule has 158 valence electrons. The number of nitrogens with zero attached hydrogens (tertiary/aromatic N) is 1. The van der Waals surface area contributed by atoms with Crippen molar-refractivity contribution in [3.8, 4) is 0 Å². The van der Waals surface area contributed by atoms with Gasteiger partial charge in [-0.15, -0.1) is 11.3 Å². The van der Waals surface area contributed by atoms with Crippen LogP contribution in [0.4, 0.5) is 8.78 Å². The van der Waals surface area contributed by atoms with E-state index < -0.39 is 34.7 Å². The van der Waals surface area contributed by atoms with Gasteiger partial charge in [-0.1, -0.05) is 31.2 Å². The van der Waals surface area contributed by atoms with E-state index in [2.05, 4.69) is 10.3 Å². The van der Waals surface area contributed by atoms with Crippen molar-refractivity contribution in [2.24, 2.45) is 0 Å². The summed E-state index contributed by atoms with van der Waals surface area (Å²) >= 11 is -0.651. The maximum absolute atomic E-state index is 13.9. The van der Waals surface area contributed by atoms with Crippen LogP contribution in [0.1, 0.15) is 34.8 Å². The molecule has 2 atom stereocenters. The van der Waals surface area contributed by atoms with Crippen molar-refractivity contribution >= 4 is 28.3 Å². The van der Waals surface area contributed by atoms with Crippen LogP contribution in [-0.2, 0) is 35.1 Å². The zero-order valence-electron chi connectivity index (χ0n) is 16.1. The van der Waals surface area contributed by atoms with Gasteiger partial charge < -0.3 is 9.87 Å². The molecule has 0 fully saturated rings. The Morgan fingerprint density at radius 3 is 2.60 bits per heavy atom. The fourth-order valence-corrected chi connectivity index (χ4v) is 4.25. The van der Waals surface area contributed by atoms with Crippen LogP contribution in [0.25, 0.3) is 0 Å². The molecule has 0 spiro atoms. The first kappa shape index (κ1) is 22.2. The second kappa shape index (κ2) is 10.0. The molecule has 30 heavy (non-hydrogen) atoms. The molecule has 3 rings (SSSR count). The van der Waals surface area contributed by atoms with Crippen LogP contribution in [0.5, 0.6) is 0 Å². The summed E-state index contributed by atoms with van der Waals surface area (Å²) < 4.78 is 47.6. The number of carbonyl (C=O) groups is 1. The Hall–Kier alpha value is -2.49. The van der Waals surface area contributed by atoms with Gasteiger partial charge in [0.25, 0.3) is 0 Å². The number of nitrogens with one attached hydrogen (secondary N) is 1. The van der Waals surface area contributed by atoms with Gasteiger partial charge in [0.05, 0.1) is 23.1 Å². The number of aryl methyl sites for hydroxylation is 1. The number of amides is 1. The largest absolute Gasteiger partial charge is 0.346 e. The number of carbonyl (C=O) groups excluding carboxylic acids is 1. The first-order chi connectivity index (χ1) is 14.4. The molecule has 0 radical (unpaired) electrons. The predicted molar refractivity (Wildman–Crippen MR) is 112 cm³/mol. The molecule has 0 saturated carbocycles. The smallest absolute Gasteiger partial charge is 0.225 e. The van der Waals surface area contributed by atoms with Crippen molar-refractivity contribution in [2.75, 3.05) is 0 Å². The Kier molecular flexibility index (Phi) is 7.41. The van der Waals surface area contributed by atoms with Crippen LogP contribution in [0, 0.1) is 11.6 Å². The summed E-state index contributed by atoms with van der Waals surface area (Å²) in [6.45, 7) is 1.98. The van der Waals surface area contributed by atoms with Gasteiger partial charge in [0.2, 0.25) is 5.91 Å². The van der Waals surface area contributed by atoms with Gasteiger partial charge in [0, 0.05) is 10.9 Å². The molecule has 5 nitrogen and oxygen atoms in total. The highest BCUT2D eigenvalue weighted by atomic mass is 32.2.